The van der Waals surface area contributed by atoms with Crippen LogP contribution < -0.4 is 0 Å². The van der Waals surface area contributed by atoms with Crippen LogP contribution in [0, 0.1) is 0 Å². The lowest BCUT2D eigenvalue weighted by Gasteiger charge is -2.12. The maximum Gasteiger partial charge on any atom is 0.0854 e. The molecular weight excluding hydrogens is 491 g/mol. The zero-order chi connectivity index (χ0) is 24.8. The molecule has 0 saturated carbocycles. The molecule has 0 aliphatic rings. The van der Waals surface area contributed by atoms with Gasteiger partial charge in [0.2, 0.25) is 0 Å². The molecule has 2 N–H and O–H groups in total. The van der Waals surface area contributed by atoms with Crippen molar-refractivity contribution in [2.24, 2.45) is 0 Å². The lowest BCUT2D eigenvalue weighted by atomic mass is 10.0. The number of benzene rings is 4. The van der Waals surface area contributed by atoms with Crippen LogP contribution in [0.25, 0.3) is 54.7 Å². The fourth-order valence-corrected chi connectivity index (χ4v) is 5.57. The minimum Gasteiger partial charge on any atom is -0.390 e. The largest absolute Gasteiger partial charge is 0.390 e. The lowest BCUT2D eigenvalue weighted by Crippen LogP contribution is -2.17. The first-order valence-electron chi connectivity index (χ1n) is 12.1. The molecule has 0 aliphatic carbocycles. The van der Waals surface area contributed by atoms with Gasteiger partial charge < -0.3 is 19.3 Å². The highest BCUT2D eigenvalue weighted by Crippen LogP contribution is 2.36. The lowest BCUT2D eigenvalue weighted by molar-refractivity contribution is 0.179. The Kier molecular flexibility index (Phi) is 6.14. The number of hydrogen-bond acceptors (Lipinski definition) is 2. The molecule has 0 spiro atoms. The van der Waals surface area contributed by atoms with E-state index in [1.165, 1.54) is 0 Å². The SMILES string of the molecule is OC(CCl)Cn1c2ccccc2c2cc(-c3ccc4c(c3)c3ccccc3n4CC(O)CCl)ccc21. The second-order valence-electron chi connectivity index (χ2n) is 9.34. The fourth-order valence-electron chi connectivity index (χ4n) is 5.38. The summed E-state index contributed by atoms with van der Waals surface area (Å²) in [4.78, 5) is 0. The average molecular weight is 517 g/mol. The Labute approximate surface area is 218 Å². The molecule has 0 saturated heterocycles. The summed E-state index contributed by atoms with van der Waals surface area (Å²) in [5, 5.41) is 25.1. The van der Waals surface area contributed by atoms with Crippen LogP contribution in [0.3, 0.4) is 0 Å². The monoisotopic (exact) mass is 516 g/mol. The second-order valence-corrected chi connectivity index (χ2v) is 9.95. The molecule has 2 aromatic heterocycles. The van der Waals surface area contributed by atoms with E-state index in [-0.39, 0.29) is 11.8 Å². The van der Waals surface area contributed by atoms with Gasteiger partial charge in [0.15, 0.2) is 0 Å². The van der Waals surface area contributed by atoms with E-state index in [1.54, 1.807) is 0 Å². The van der Waals surface area contributed by atoms with Gasteiger partial charge in [-0.15, -0.1) is 23.2 Å². The maximum atomic E-state index is 10.3. The van der Waals surface area contributed by atoms with Crippen molar-refractivity contribution in [1.29, 1.82) is 0 Å². The van der Waals surface area contributed by atoms with Crippen molar-refractivity contribution in [3.8, 4) is 11.1 Å². The molecule has 4 aromatic carbocycles. The third-order valence-corrected chi connectivity index (χ3v) is 7.73. The predicted octanol–water partition coefficient (Wildman–Crippen LogP) is 6.77. The average Bonchev–Trinajstić information content (AvgIpc) is 3.40. The number of aromatic nitrogens is 2. The fraction of sp³-hybridized carbons (Fsp3) is 0.200. The van der Waals surface area contributed by atoms with Crippen LogP contribution in [0.15, 0.2) is 84.9 Å². The van der Waals surface area contributed by atoms with Crippen molar-refractivity contribution < 1.29 is 10.2 Å². The molecule has 0 aliphatic heterocycles. The molecule has 0 fully saturated rings. The Bertz CT molecular complexity index is 1590. The van der Waals surface area contributed by atoms with Gasteiger partial charge in [0, 0.05) is 43.6 Å². The highest BCUT2D eigenvalue weighted by Gasteiger charge is 2.16. The normalized spacial score (nSPS) is 13.8. The first kappa shape index (κ1) is 23.4. The Morgan fingerprint density at radius 2 is 0.917 bits per heavy atom. The molecule has 6 aromatic rings. The van der Waals surface area contributed by atoms with E-state index in [9.17, 15) is 10.2 Å². The van der Waals surface area contributed by atoms with E-state index in [1.807, 2.05) is 24.3 Å². The number of alkyl halides is 2. The molecule has 0 amide bonds. The number of aliphatic hydroxyl groups is 2. The Morgan fingerprint density at radius 3 is 1.33 bits per heavy atom. The van der Waals surface area contributed by atoms with E-state index in [0.717, 1.165) is 54.7 Å². The first-order chi connectivity index (χ1) is 17.6. The van der Waals surface area contributed by atoms with Crippen LogP contribution in [0.5, 0.6) is 0 Å². The Morgan fingerprint density at radius 1 is 0.528 bits per heavy atom. The van der Waals surface area contributed by atoms with Crippen molar-refractivity contribution in [3.63, 3.8) is 0 Å². The van der Waals surface area contributed by atoms with Crippen molar-refractivity contribution in [2.45, 2.75) is 25.3 Å². The van der Waals surface area contributed by atoms with Crippen LogP contribution in [-0.2, 0) is 13.1 Å². The summed E-state index contributed by atoms with van der Waals surface area (Å²) in [5.74, 6) is 0.392. The summed E-state index contributed by atoms with van der Waals surface area (Å²) in [5.41, 5.74) is 6.59. The van der Waals surface area contributed by atoms with Gasteiger partial charge in [0.25, 0.3) is 0 Å². The van der Waals surface area contributed by atoms with Crippen molar-refractivity contribution >= 4 is 66.8 Å². The molecule has 2 heterocycles. The Hall–Kier alpha value is -3.02. The van der Waals surface area contributed by atoms with Crippen molar-refractivity contribution in [3.05, 3.63) is 84.9 Å². The van der Waals surface area contributed by atoms with Gasteiger partial charge in [-0.3, -0.25) is 0 Å². The number of rotatable bonds is 7. The topological polar surface area (TPSA) is 50.3 Å². The highest BCUT2D eigenvalue weighted by molar-refractivity contribution is 6.18. The molecule has 6 heteroatoms. The van der Waals surface area contributed by atoms with Crippen LogP contribution in [0.2, 0.25) is 0 Å². The Balaban J connectivity index is 1.52. The first-order valence-corrected chi connectivity index (χ1v) is 13.2. The molecule has 0 radical (unpaired) electrons. The smallest absolute Gasteiger partial charge is 0.0854 e. The molecule has 2 atom stereocenters. The van der Waals surface area contributed by atoms with Gasteiger partial charge in [0.05, 0.1) is 37.1 Å². The van der Waals surface area contributed by atoms with Crippen LogP contribution in [-0.4, -0.2) is 43.3 Å². The number of hydrogen-bond donors (Lipinski definition) is 2. The number of fused-ring (bicyclic) bond motifs is 6. The summed E-state index contributed by atoms with van der Waals surface area (Å²) >= 11 is 11.8. The van der Waals surface area contributed by atoms with E-state index < -0.39 is 12.2 Å². The van der Waals surface area contributed by atoms with Crippen LogP contribution in [0.4, 0.5) is 0 Å². The quantitative estimate of drug-likeness (QED) is 0.230. The summed E-state index contributed by atoms with van der Waals surface area (Å²) in [6.07, 6.45) is -1.22. The van der Waals surface area contributed by atoms with Crippen molar-refractivity contribution in [1.82, 2.24) is 9.13 Å². The second kappa shape index (κ2) is 9.45. The number of aliphatic hydroxyl groups excluding tert-OH is 2. The number of halogens is 2. The molecule has 182 valence electrons. The molecule has 4 nitrogen and oxygen atoms in total. The molecular formula is C30H26Cl2N2O2. The molecule has 2 unspecified atom stereocenters. The van der Waals surface area contributed by atoms with Gasteiger partial charge in [-0.1, -0.05) is 48.5 Å². The summed E-state index contributed by atoms with van der Waals surface area (Å²) in [6, 6.07) is 29.6. The highest BCUT2D eigenvalue weighted by atomic mass is 35.5. The van der Waals surface area contributed by atoms with E-state index >= 15 is 0 Å². The van der Waals surface area contributed by atoms with Gasteiger partial charge in [-0.25, -0.2) is 0 Å². The van der Waals surface area contributed by atoms with Gasteiger partial charge >= 0.3 is 0 Å². The van der Waals surface area contributed by atoms with Crippen molar-refractivity contribution in [2.75, 3.05) is 11.8 Å². The summed E-state index contributed by atoms with van der Waals surface area (Å²) in [6.45, 7) is 0.902. The standard InChI is InChI=1S/C30H26Cl2N2O2/c31-15-21(35)17-33-27-7-3-1-5-23(27)25-13-19(9-11-29(25)33)20-10-12-30-26(14-20)24-6-2-4-8-28(24)34(30)18-22(36)16-32/h1-14,21-22,35-36H,15-18H2. The van der Waals surface area contributed by atoms with Crippen LogP contribution in [0.1, 0.15) is 0 Å². The third kappa shape index (κ3) is 3.86. The van der Waals surface area contributed by atoms with E-state index in [4.69, 9.17) is 23.2 Å². The molecule has 6 rings (SSSR count). The minimum absolute atomic E-state index is 0.196. The minimum atomic E-state index is -0.609. The zero-order valence-electron chi connectivity index (χ0n) is 19.6. The summed E-state index contributed by atoms with van der Waals surface area (Å²) < 4.78 is 4.31. The molecule has 36 heavy (non-hydrogen) atoms. The molecule has 0 bridgehead atoms. The zero-order valence-corrected chi connectivity index (χ0v) is 21.1. The third-order valence-electron chi connectivity index (χ3n) is 7.02. The van der Waals surface area contributed by atoms with Gasteiger partial charge in [0.1, 0.15) is 0 Å². The maximum absolute atomic E-state index is 10.3. The summed E-state index contributed by atoms with van der Waals surface area (Å²) in [7, 11) is 0. The van der Waals surface area contributed by atoms with E-state index in [2.05, 4.69) is 69.8 Å². The van der Waals surface area contributed by atoms with Gasteiger partial charge in [-0.05, 0) is 47.5 Å². The van der Waals surface area contributed by atoms with Gasteiger partial charge in [-0.2, -0.15) is 0 Å². The number of nitrogens with zero attached hydrogens (tertiary/aromatic N) is 2. The van der Waals surface area contributed by atoms with Crippen LogP contribution >= 0.6 is 23.2 Å². The predicted molar refractivity (Wildman–Crippen MR) is 151 cm³/mol. The van der Waals surface area contributed by atoms with E-state index in [0.29, 0.717) is 13.1 Å². The number of para-hydroxylation sites is 2.